The molecule has 1 aliphatic carbocycles. The van der Waals surface area contributed by atoms with Crippen molar-refractivity contribution in [1.29, 1.82) is 0 Å². The van der Waals surface area contributed by atoms with Crippen molar-refractivity contribution < 1.29 is 5.11 Å². The number of aliphatic hydroxyl groups is 1. The van der Waals surface area contributed by atoms with Gasteiger partial charge in [0.2, 0.25) is 0 Å². The number of fused-ring (bicyclic) bond motifs is 2. The molecule has 0 fully saturated rings. The summed E-state index contributed by atoms with van der Waals surface area (Å²) in [5.74, 6) is 0. The maximum absolute atomic E-state index is 9.27. The van der Waals surface area contributed by atoms with Crippen LogP contribution in [0, 0.1) is 6.92 Å². The van der Waals surface area contributed by atoms with Crippen LogP contribution in [0.5, 0.6) is 0 Å². The van der Waals surface area contributed by atoms with Gasteiger partial charge in [-0.2, -0.15) is 0 Å². The second kappa shape index (κ2) is 4.97. The zero-order chi connectivity index (χ0) is 14.4. The summed E-state index contributed by atoms with van der Waals surface area (Å²) in [6.07, 6.45) is 6.98. The van der Waals surface area contributed by atoms with E-state index in [2.05, 4.69) is 34.5 Å². The molecular weight excluding hydrogens is 280 g/mol. The predicted molar refractivity (Wildman–Crippen MR) is 85.8 cm³/mol. The van der Waals surface area contributed by atoms with Gasteiger partial charge in [-0.1, -0.05) is 12.1 Å². The maximum Gasteiger partial charge on any atom is 0.194 e. The third-order valence-electron chi connectivity index (χ3n) is 4.33. The van der Waals surface area contributed by atoms with Crippen LogP contribution in [0.4, 0.5) is 0 Å². The summed E-state index contributed by atoms with van der Waals surface area (Å²) < 4.78 is 2.12. The third-order valence-corrected chi connectivity index (χ3v) is 5.30. The molecule has 0 bridgehead atoms. The molecule has 0 saturated carbocycles. The smallest absolute Gasteiger partial charge is 0.194 e. The number of aryl methyl sites for hydroxylation is 3. The summed E-state index contributed by atoms with van der Waals surface area (Å²) >= 11 is 1.69. The highest BCUT2D eigenvalue weighted by Gasteiger charge is 2.16. The normalized spacial score (nSPS) is 14.6. The minimum atomic E-state index is -0.00290. The molecule has 2 heterocycles. The Hall–Kier alpha value is -1.65. The Balaban J connectivity index is 1.89. The van der Waals surface area contributed by atoms with Gasteiger partial charge < -0.3 is 5.11 Å². The van der Waals surface area contributed by atoms with Crippen molar-refractivity contribution in [2.75, 3.05) is 0 Å². The molecule has 0 unspecified atom stereocenters. The van der Waals surface area contributed by atoms with Crippen LogP contribution in [0.15, 0.2) is 24.4 Å². The molecule has 0 saturated heterocycles. The van der Waals surface area contributed by atoms with Crippen LogP contribution < -0.4 is 0 Å². The molecule has 0 atom stereocenters. The van der Waals surface area contributed by atoms with E-state index in [1.165, 1.54) is 52.9 Å². The maximum atomic E-state index is 9.27. The highest BCUT2D eigenvalue weighted by molar-refractivity contribution is 7.17. The monoisotopic (exact) mass is 298 g/mol. The largest absolute Gasteiger partial charge is 0.390 e. The molecule has 0 spiro atoms. The van der Waals surface area contributed by atoms with E-state index in [1.54, 1.807) is 11.3 Å². The fourth-order valence-electron chi connectivity index (χ4n) is 3.30. The molecule has 3 aromatic rings. The Morgan fingerprint density at radius 3 is 2.86 bits per heavy atom. The van der Waals surface area contributed by atoms with E-state index < -0.39 is 0 Å². The predicted octanol–water partition coefficient (Wildman–Crippen LogP) is 3.74. The molecule has 4 heteroatoms. The molecular formula is C17H18N2OS. The van der Waals surface area contributed by atoms with Crippen molar-refractivity contribution in [1.82, 2.24) is 9.38 Å². The van der Waals surface area contributed by atoms with Gasteiger partial charge in [-0.3, -0.25) is 4.40 Å². The summed E-state index contributed by atoms with van der Waals surface area (Å²) in [5.41, 5.74) is 6.23. The highest BCUT2D eigenvalue weighted by Crippen LogP contribution is 2.33. The Bertz CT molecular complexity index is 816. The lowest BCUT2D eigenvalue weighted by molar-refractivity contribution is 0.277. The molecule has 0 radical (unpaired) electrons. The molecule has 3 nitrogen and oxygen atoms in total. The molecule has 2 aromatic heterocycles. The lowest BCUT2D eigenvalue weighted by Gasteiger charge is -2.16. The number of imidazole rings is 1. The Morgan fingerprint density at radius 1 is 1.24 bits per heavy atom. The second-order valence-electron chi connectivity index (χ2n) is 5.74. The van der Waals surface area contributed by atoms with E-state index in [-0.39, 0.29) is 6.61 Å². The SMILES string of the molecule is Cc1sc2nc(CO)cn2c1-c1ccc2c(c1)CCCC2. The summed E-state index contributed by atoms with van der Waals surface area (Å²) in [6, 6.07) is 6.87. The Kier molecular flexibility index (Phi) is 3.08. The summed E-state index contributed by atoms with van der Waals surface area (Å²) in [7, 11) is 0. The van der Waals surface area contributed by atoms with Crippen molar-refractivity contribution >= 4 is 16.3 Å². The van der Waals surface area contributed by atoms with Gasteiger partial charge in [0.05, 0.1) is 18.0 Å². The number of benzene rings is 1. The first-order valence-corrected chi connectivity index (χ1v) is 8.28. The molecule has 21 heavy (non-hydrogen) atoms. The van der Waals surface area contributed by atoms with Crippen LogP contribution in [0.3, 0.4) is 0 Å². The van der Waals surface area contributed by atoms with Crippen LogP contribution in [0.25, 0.3) is 16.2 Å². The van der Waals surface area contributed by atoms with E-state index in [0.29, 0.717) is 0 Å². The molecule has 0 aliphatic heterocycles. The average Bonchev–Trinajstić information content (AvgIpc) is 3.02. The summed E-state index contributed by atoms with van der Waals surface area (Å²) in [4.78, 5) is 6.70. The van der Waals surface area contributed by atoms with E-state index >= 15 is 0 Å². The van der Waals surface area contributed by atoms with Gasteiger partial charge in [0, 0.05) is 11.1 Å². The van der Waals surface area contributed by atoms with E-state index in [4.69, 9.17) is 0 Å². The van der Waals surface area contributed by atoms with Crippen LogP contribution in [-0.2, 0) is 19.4 Å². The van der Waals surface area contributed by atoms with E-state index in [9.17, 15) is 5.11 Å². The van der Waals surface area contributed by atoms with Crippen molar-refractivity contribution in [3.63, 3.8) is 0 Å². The van der Waals surface area contributed by atoms with Gasteiger partial charge in [-0.25, -0.2) is 4.98 Å². The van der Waals surface area contributed by atoms with Gasteiger partial charge in [-0.15, -0.1) is 11.3 Å². The number of hydrogen-bond donors (Lipinski definition) is 1. The first-order chi connectivity index (χ1) is 10.3. The number of thiazole rings is 1. The van der Waals surface area contributed by atoms with Gasteiger partial charge in [0.25, 0.3) is 0 Å². The molecule has 1 aliphatic rings. The standard InChI is InChI=1S/C17H18N2OS/c1-11-16(19-9-15(10-20)18-17(19)21-11)14-7-6-12-4-2-3-5-13(12)8-14/h6-9,20H,2-5,10H2,1H3. The lowest BCUT2D eigenvalue weighted by Crippen LogP contribution is -2.02. The van der Waals surface area contributed by atoms with Gasteiger partial charge in [0.1, 0.15) is 0 Å². The first kappa shape index (κ1) is 13.0. The number of aromatic nitrogens is 2. The minimum Gasteiger partial charge on any atom is -0.390 e. The molecule has 0 amide bonds. The number of nitrogens with zero attached hydrogens (tertiary/aromatic N) is 2. The molecule has 4 rings (SSSR count). The minimum absolute atomic E-state index is 0.00290. The van der Waals surface area contributed by atoms with E-state index in [1.807, 2.05) is 6.20 Å². The number of rotatable bonds is 2. The average molecular weight is 298 g/mol. The number of aliphatic hydroxyl groups excluding tert-OH is 1. The number of hydrogen-bond acceptors (Lipinski definition) is 3. The highest BCUT2D eigenvalue weighted by atomic mass is 32.1. The quantitative estimate of drug-likeness (QED) is 0.782. The van der Waals surface area contributed by atoms with Gasteiger partial charge in [-0.05, 0) is 55.4 Å². The van der Waals surface area contributed by atoms with Crippen molar-refractivity contribution in [3.05, 3.63) is 46.1 Å². The molecule has 1 N–H and O–H groups in total. The van der Waals surface area contributed by atoms with Gasteiger partial charge >= 0.3 is 0 Å². The fourth-order valence-corrected chi connectivity index (χ4v) is 4.29. The van der Waals surface area contributed by atoms with Crippen LogP contribution >= 0.6 is 11.3 Å². The Labute approximate surface area is 127 Å². The van der Waals surface area contributed by atoms with E-state index in [0.717, 1.165) is 10.7 Å². The summed E-state index contributed by atoms with van der Waals surface area (Å²) in [6.45, 7) is 2.14. The Morgan fingerprint density at radius 2 is 2.05 bits per heavy atom. The van der Waals surface area contributed by atoms with Crippen molar-refractivity contribution in [2.24, 2.45) is 0 Å². The van der Waals surface area contributed by atoms with Crippen LogP contribution in [0.2, 0.25) is 0 Å². The fraction of sp³-hybridized carbons (Fsp3) is 0.353. The van der Waals surface area contributed by atoms with Crippen molar-refractivity contribution in [2.45, 2.75) is 39.2 Å². The van der Waals surface area contributed by atoms with Crippen molar-refractivity contribution in [3.8, 4) is 11.3 Å². The third kappa shape index (κ3) is 2.10. The lowest BCUT2D eigenvalue weighted by atomic mass is 9.90. The molecule has 108 valence electrons. The zero-order valence-corrected chi connectivity index (χ0v) is 12.9. The first-order valence-electron chi connectivity index (χ1n) is 7.46. The van der Waals surface area contributed by atoms with Gasteiger partial charge in [0.15, 0.2) is 4.96 Å². The summed E-state index contributed by atoms with van der Waals surface area (Å²) in [5, 5.41) is 9.27. The van der Waals surface area contributed by atoms with Crippen LogP contribution in [-0.4, -0.2) is 14.5 Å². The second-order valence-corrected chi connectivity index (χ2v) is 6.92. The van der Waals surface area contributed by atoms with Crippen LogP contribution in [0.1, 0.15) is 34.5 Å². The molecule has 1 aromatic carbocycles. The zero-order valence-electron chi connectivity index (χ0n) is 12.1. The topological polar surface area (TPSA) is 37.5 Å².